The van der Waals surface area contributed by atoms with Crippen LogP contribution in [-0.4, -0.2) is 26.0 Å². The van der Waals surface area contributed by atoms with Crippen LogP contribution in [0.25, 0.3) is 0 Å². The molecule has 0 fully saturated rings. The van der Waals surface area contributed by atoms with Crippen molar-refractivity contribution >= 4 is 11.7 Å². The zero-order valence-electron chi connectivity index (χ0n) is 14.4. The van der Waals surface area contributed by atoms with Crippen molar-refractivity contribution in [1.82, 2.24) is 5.32 Å². The number of benzene rings is 2. The summed E-state index contributed by atoms with van der Waals surface area (Å²) in [5, 5.41) is 5.14. The molecule has 1 aliphatic rings. The third-order valence-corrected chi connectivity index (χ3v) is 3.57. The second-order valence-electron chi connectivity index (χ2n) is 5.54. The average molecular weight is 392 g/mol. The molecule has 0 saturated heterocycles. The summed E-state index contributed by atoms with van der Waals surface area (Å²) in [6, 6.07) is 9.05. The Hall–Kier alpha value is -3.54. The highest BCUT2D eigenvalue weighted by Crippen LogP contribution is 2.34. The molecule has 28 heavy (non-hydrogen) atoms. The molecule has 2 aromatic rings. The van der Waals surface area contributed by atoms with E-state index < -0.39 is 17.8 Å². The van der Waals surface area contributed by atoms with E-state index in [1.165, 1.54) is 12.1 Å². The fourth-order valence-electron chi connectivity index (χ4n) is 2.27. The second-order valence-corrected chi connectivity index (χ2v) is 5.54. The minimum atomic E-state index is -4.43. The van der Waals surface area contributed by atoms with Crippen LogP contribution < -0.4 is 24.8 Å². The lowest BCUT2D eigenvalue weighted by molar-refractivity contribution is -0.137. The molecule has 0 aliphatic carbocycles. The van der Waals surface area contributed by atoms with E-state index in [4.69, 9.17) is 14.2 Å². The molecule has 0 unspecified atom stereocenters. The lowest BCUT2D eigenvalue weighted by atomic mass is 10.2. The molecule has 0 atom stereocenters. The first-order valence-electron chi connectivity index (χ1n) is 8.12. The largest absolute Gasteiger partial charge is 0.481 e. The van der Waals surface area contributed by atoms with Gasteiger partial charge in [-0.1, -0.05) is 17.9 Å². The predicted molar refractivity (Wildman–Crippen MR) is 94.3 cm³/mol. The van der Waals surface area contributed by atoms with Crippen LogP contribution in [0.2, 0.25) is 0 Å². The fraction of sp³-hybridized carbons (Fsp3) is 0.211. The Balaban J connectivity index is 1.40. The number of carbonyl (C=O) groups is 1. The molecule has 2 N–H and O–H groups in total. The van der Waals surface area contributed by atoms with Gasteiger partial charge in [-0.2, -0.15) is 13.2 Å². The van der Waals surface area contributed by atoms with Crippen molar-refractivity contribution in [3.63, 3.8) is 0 Å². The molecule has 146 valence electrons. The number of hydrogen-bond donors (Lipinski definition) is 2. The Morgan fingerprint density at radius 1 is 1.11 bits per heavy atom. The number of urea groups is 1. The number of halogens is 3. The van der Waals surface area contributed by atoms with E-state index in [-0.39, 0.29) is 25.7 Å². The Labute approximate surface area is 158 Å². The van der Waals surface area contributed by atoms with E-state index in [2.05, 4.69) is 22.5 Å². The standard InChI is InChI=1S/C19H15F3N2O4/c20-19(21,22)13-4-3-5-15(10-13)26-9-2-1-8-23-18(25)24-14-6-7-16-17(11-14)28-12-27-16/h3-7,10-11H,8-9,12H2,(H2,23,24,25). The third-order valence-electron chi connectivity index (χ3n) is 3.57. The van der Waals surface area contributed by atoms with Crippen LogP contribution in [0.5, 0.6) is 17.2 Å². The quantitative estimate of drug-likeness (QED) is 0.780. The number of alkyl halides is 3. The summed E-state index contributed by atoms with van der Waals surface area (Å²) in [5.41, 5.74) is -0.262. The van der Waals surface area contributed by atoms with E-state index in [0.29, 0.717) is 17.2 Å². The van der Waals surface area contributed by atoms with Crippen molar-refractivity contribution in [3.8, 4) is 29.1 Å². The topological polar surface area (TPSA) is 68.8 Å². The lowest BCUT2D eigenvalue weighted by Crippen LogP contribution is -2.28. The Morgan fingerprint density at radius 2 is 1.93 bits per heavy atom. The van der Waals surface area contributed by atoms with Gasteiger partial charge in [0.2, 0.25) is 6.79 Å². The van der Waals surface area contributed by atoms with Gasteiger partial charge in [0, 0.05) is 11.8 Å². The van der Waals surface area contributed by atoms with Crippen LogP contribution in [0.1, 0.15) is 5.56 Å². The van der Waals surface area contributed by atoms with Crippen molar-refractivity contribution in [2.24, 2.45) is 0 Å². The molecule has 1 aliphatic heterocycles. The van der Waals surface area contributed by atoms with Crippen molar-refractivity contribution in [2.75, 3.05) is 25.3 Å². The van der Waals surface area contributed by atoms with Crippen LogP contribution in [0, 0.1) is 11.8 Å². The average Bonchev–Trinajstić information content (AvgIpc) is 3.12. The molecule has 9 heteroatoms. The molecule has 2 amide bonds. The molecule has 0 bridgehead atoms. The summed E-state index contributed by atoms with van der Waals surface area (Å²) >= 11 is 0. The summed E-state index contributed by atoms with van der Waals surface area (Å²) in [5.74, 6) is 6.48. The number of anilines is 1. The number of nitrogens with one attached hydrogen (secondary N) is 2. The van der Waals surface area contributed by atoms with Gasteiger partial charge in [-0.25, -0.2) is 4.79 Å². The zero-order valence-corrected chi connectivity index (χ0v) is 14.4. The monoisotopic (exact) mass is 392 g/mol. The van der Waals surface area contributed by atoms with Crippen molar-refractivity contribution in [2.45, 2.75) is 6.18 Å². The summed E-state index contributed by atoms with van der Waals surface area (Å²) in [4.78, 5) is 11.8. The number of carbonyl (C=O) groups excluding carboxylic acids is 1. The van der Waals surface area contributed by atoms with Gasteiger partial charge in [0.25, 0.3) is 0 Å². The molecule has 1 heterocycles. The maximum Gasteiger partial charge on any atom is 0.416 e. The molecule has 3 rings (SSSR count). The summed E-state index contributed by atoms with van der Waals surface area (Å²) < 4.78 is 53.4. The van der Waals surface area contributed by atoms with Crippen LogP contribution in [0.4, 0.5) is 23.7 Å². The molecular weight excluding hydrogens is 377 g/mol. The SMILES string of the molecule is O=C(NCC#CCOc1cccc(C(F)(F)F)c1)Nc1ccc2c(c1)OCO2. The van der Waals surface area contributed by atoms with Crippen LogP contribution in [0.15, 0.2) is 42.5 Å². The molecule has 2 aromatic carbocycles. The van der Waals surface area contributed by atoms with E-state index >= 15 is 0 Å². The Bertz CT molecular complexity index is 919. The van der Waals surface area contributed by atoms with Crippen molar-refractivity contribution < 1.29 is 32.2 Å². The van der Waals surface area contributed by atoms with Gasteiger partial charge >= 0.3 is 12.2 Å². The Morgan fingerprint density at radius 3 is 2.75 bits per heavy atom. The highest BCUT2D eigenvalue weighted by molar-refractivity contribution is 5.89. The number of amides is 2. The Kier molecular flexibility index (Phi) is 5.79. The highest BCUT2D eigenvalue weighted by atomic mass is 19.4. The summed E-state index contributed by atoms with van der Waals surface area (Å²) in [6.07, 6.45) is -4.43. The number of ether oxygens (including phenoxy) is 3. The van der Waals surface area contributed by atoms with E-state index in [1.807, 2.05) is 0 Å². The summed E-state index contributed by atoms with van der Waals surface area (Å²) in [6.45, 7) is 0.0816. The molecule has 0 radical (unpaired) electrons. The van der Waals surface area contributed by atoms with Gasteiger partial charge in [-0.05, 0) is 30.3 Å². The van der Waals surface area contributed by atoms with Crippen LogP contribution in [-0.2, 0) is 6.18 Å². The van der Waals surface area contributed by atoms with Gasteiger partial charge in [0.1, 0.15) is 12.4 Å². The normalized spacial score (nSPS) is 12.0. The molecular formula is C19H15F3N2O4. The van der Waals surface area contributed by atoms with Gasteiger partial charge in [0.15, 0.2) is 11.5 Å². The minimum absolute atomic E-state index is 0.0440. The molecule has 0 spiro atoms. The third kappa shape index (κ3) is 5.23. The fourth-order valence-corrected chi connectivity index (χ4v) is 2.27. The van der Waals surface area contributed by atoms with E-state index in [9.17, 15) is 18.0 Å². The lowest BCUT2D eigenvalue weighted by Gasteiger charge is -2.08. The van der Waals surface area contributed by atoms with Gasteiger partial charge in [-0.15, -0.1) is 0 Å². The highest BCUT2D eigenvalue weighted by Gasteiger charge is 2.30. The van der Waals surface area contributed by atoms with Gasteiger partial charge in [0.05, 0.1) is 12.1 Å². The first-order chi connectivity index (χ1) is 13.4. The first kappa shape index (κ1) is 19.2. The van der Waals surface area contributed by atoms with E-state index in [0.717, 1.165) is 12.1 Å². The number of rotatable bonds is 4. The van der Waals surface area contributed by atoms with Crippen molar-refractivity contribution in [3.05, 3.63) is 48.0 Å². The number of hydrogen-bond acceptors (Lipinski definition) is 4. The molecule has 0 saturated carbocycles. The smallest absolute Gasteiger partial charge is 0.416 e. The predicted octanol–water partition coefficient (Wildman–Crippen LogP) is 3.64. The maximum atomic E-state index is 12.6. The van der Waals surface area contributed by atoms with Gasteiger partial charge in [-0.3, -0.25) is 0 Å². The van der Waals surface area contributed by atoms with Crippen LogP contribution in [0.3, 0.4) is 0 Å². The maximum absolute atomic E-state index is 12.6. The minimum Gasteiger partial charge on any atom is -0.481 e. The zero-order chi connectivity index (χ0) is 20.0. The van der Waals surface area contributed by atoms with Crippen molar-refractivity contribution in [1.29, 1.82) is 0 Å². The van der Waals surface area contributed by atoms with Gasteiger partial charge < -0.3 is 24.8 Å². The van der Waals surface area contributed by atoms with E-state index in [1.54, 1.807) is 18.2 Å². The number of fused-ring (bicyclic) bond motifs is 1. The summed E-state index contributed by atoms with van der Waals surface area (Å²) in [7, 11) is 0. The molecule has 6 nitrogen and oxygen atoms in total. The van der Waals surface area contributed by atoms with Crippen LogP contribution >= 0.6 is 0 Å². The first-order valence-corrected chi connectivity index (χ1v) is 8.12. The second kappa shape index (κ2) is 8.43. The molecule has 0 aromatic heterocycles.